The molecule has 0 rings (SSSR count). The van der Waals surface area contributed by atoms with Crippen molar-refractivity contribution in [3.63, 3.8) is 0 Å². The Balaban J connectivity index is 4.14. The minimum Gasteiger partial charge on any atom is -0.462 e. The Labute approximate surface area is 495 Å². The second-order valence-corrected chi connectivity index (χ2v) is 25.2. The van der Waals surface area contributed by atoms with Crippen LogP contribution in [0.1, 0.15) is 432 Å². The minimum atomic E-state index is -0.763. The van der Waals surface area contributed by atoms with Crippen molar-refractivity contribution in [2.24, 2.45) is 0 Å². The minimum absolute atomic E-state index is 0.0601. The molecule has 0 saturated carbocycles. The summed E-state index contributed by atoms with van der Waals surface area (Å²) in [5.74, 6) is -0.819. The summed E-state index contributed by atoms with van der Waals surface area (Å²) in [6, 6.07) is 0. The maximum absolute atomic E-state index is 12.9. The van der Waals surface area contributed by atoms with Crippen LogP contribution in [0.25, 0.3) is 0 Å². The number of ether oxygens (including phenoxy) is 3. The van der Waals surface area contributed by atoms with E-state index in [-0.39, 0.29) is 31.1 Å². The molecule has 0 aliphatic heterocycles. The van der Waals surface area contributed by atoms with E-state index in [1.54, 1.807) is 0 Å². The lowest BCUT2D eigenvalue weighted by molar-refractivity contribution is -0.167. The molecule has 0 saturated heterocycles. The van der Waals surface area contributed by atoms with Gasteiger partial charge in [0.1, 0.15) is 13.2 Å². The van der Waals surface area contributed by atoms with Crippen molar-refractivity contribution in [3.05, 3.63) is 0 Å². The van der Waals surface area contributed by atoms with Crippen LogP contribution < -0.4 is 0 Å². The number of carbonyl (C=O) groups excluding carboxylic acids is 3. The van der Waals surface area contributed by atoms with Crippen molar-refractivity contribution >= 4 is 17.9 Å². The fourth-order valence-corrected chi connectivity index (χ4v) is 11.6. The van der Waals surface area contributed by atoms with Crippen LogP contribution in [-0.2, 0) is 28.6 Å². The molecule has 0 bridgehead atoms. The molecule has 0 radical (unpaired) electrons. The SMILES string of the molecule is CCCCCCCCCCCCCCCCCCCCCCCCCCCCCCCC(=O)OCC(COC(=O)CCCCCCCCCCCCCCCCC)OC(=O)CCCCCCCCCCCCCCCCCCC. The molecule has 470 valence electrons. The second kappa shape index (κ2) is 68.9. The van der Waals surface area contributed by atoms with Gasteiger partial charge in [-0.2, -0.15) is 0 Å². The molecule has 79 heavy (non-hydrogen) atoms. The molecule has 0 heterocycles. The van der Waals surface area contributed by atoms with E-state index < -0.39 is 6.10 Å². The molecular formula is C73H142O6. The molecule has 0 N–H and O–H groups in total. The van der Waals surface area contributed by atoms with E-state index in [1.807, 2.05) is 0 Å². The highest BCUT2D eigenvalue weighted by Crippen LogP contribution is 2.20. The topological polar surface area (TPSA) is 78.9 Å². The van der Waals surface area contributed by atoms with Gasteiger partial charge in [-0.1, -0.05) is 393 Å². The molecule has 0 aromatic rings. The predicted molar refractivity (Wildman–Crippen MR) is 344 cm³/mol. The average Bonchev–Trinajstić information content (AvgIpc) is 3.45. The highest BCUT2D eigenvalue weighted by molar-refractivity contribution is 5.71. The molecule has 0 aliphatic carbocycles. The van der Waals surface area contributed by atoms with Crippen LogP contribution in [0.5, 0.6) is 0 Å². The first-order chi connectivity index (χ1) is 39.0. The lowest BCUT2D eigenvalue weighted by Gasteiger charge is -2.18. The largest absolute Gasteiger partial charge is 0.462 e. The third-order valence-electron chi connectivity index (χ3n) is 17.1. The Morgan fingerprint density at radius 3 is 0.506 bits per heavy atom. The van der Waals surface area contributed by atoms with Crippen LogP contribution in [0.4, 0.5) is 0 Å². The zero-order valence-corrected chi connectivity index (χ0v) is 54.2. The van der Waals surface area contributed by atoms with Crippen LogP contribution in [0, 0.1) is 0 Å². The maximum Gasteiger partial charge on any atom is 0.306 e. The highest BCUT2D eigenvalue weighted by Gasteiger charge is 2.20. The average molecular weight is 1120 g/mol. The standard InChI is InChI=1S/C73H142O6/c1-4-7-10-13-16-19-22-25-28-30-31-32-33-34-35-36-37-38-39-40-41-43-45-48-51-54-57-60-63-66-72(75)78-69-70(68-77-71(74)65-62-59-56-53-50-47-44-27-24-21-18-15-12-9-6-3)79-73(76)67-64-61-58-55-52-49-46-42-29-26-23-20-17-14-11-8-5-2/h70H,4-69H2,1-3H3. The van der Waals surface area contributed by atoms with E-state index in [2.05, 4.69) is 20.8 Å². The van der Waals surface area contributed by atoms with Gasteiger partial charge in [0.25, 0.3) is 0 Å². The Kier molecular flexibility index (Phi) is 67.5. The van der Waals surface area contributed by atoms with Crippen molar-refractivity contribution in [3.8, 4) is 0 Å². The molecular weight excluding hydrogens is 973 g/mol. The molecule has 0 amide bonds. The summed E-state index contributed by atoms with van der Waals surface area (Å²) in [6.45, 7) is 6.75. The fraction of sp³-hybridized carbons (Fsp3) is 0.959. The maximum atomic E-state index is 12.9. The van der Waals surface area contributed by atoms with Gasteiger partial charge in [0.2, 0.25) is 0 Å². The molecule has 0 fully saturated rings. The van der Waals surface area contributed by atoms with E-state index in [1.165, 1.54) is 334 Å². The zero-order valence-electron chi connectivity index (χ0n) is 54.2. The normalized spacial score (nSPS) is 11.9. The molecule has 0 aliphatic rings. The van der Waals surface area contributed by atoms with Gasteiger partial charge in [0, 0.05) is 19.3 Å². The van der Waals surface area contributed by atoms with E-state index in [0.29, 0.717) is 19.3 Å². The van der Waals surface area contributed by atoms with Crippen LogP contribution in [0.2, 0.25) is 0 Å². The highest BCUT2D eigenvalue weighted by atomic mass is 16.6. The third-order valence-corrected chi connectivity index (χ3v) is 17.1. The van der Waals surface area contributed by atoms with Gasteiger partial charge in [-0.3, -0.25) is 14.4 Å². The Hall–Kier alpha value is -1.59. The van der Waals surface area contributed by atoms with Crippen LogP contribution in [0.15, 0.2) is 0 Å². The van der Waals surface area contributed by atoms with Gasteiger partial charge >= 0.3 is 17.9 Å². The van der Waals surface area contributed by atoms with Crippen molar-refractivity contribution in [1.82, 2.24) is 0 Å². The monoisotopic (exact) mass is 1120 g/mol. The first-order valence-corrected chi connectivity index (χ1v) is 36.5. The summed E-state index contributed by atoms with van der Waals surface area (Å²) in [5.41, 5.74) is 0. The quantitative estimate of drug-likeness (QED) is 0.0343. The molecule has 0 spiro atoms. The van der Waals surface area contributed by atoms with Gasteiger partial charge in [-0.15, -0.1) is 0 Å². The lowest BCUT2D eigenvalue weighted by atomic mass is 10.0. The van der Waals surface area contributed by atoms with Gasteiger partial charge in [0.15, 0.2) is 6.10 Å². The summed E-state index contributed by atoms with van der Waals surface area (Å²) in [4.78, 5) is 38.4. The summed E-state index contributed by atoms with van der Waals surface area (Å²) in [5, 5.41) is 0. The molecule has 1 unspecified atom stereocenters. The lowest BCUT2D eigenvalue weighted by Crippen LogP contribution is -2.30. The summed E-state index contributed by atoms with van der Waals surface area (Å²) in [6.07, 6.45) is 81.5. The number of carbonyl (C=O) groups is 3. The van der Waals surface area contributed by atoms with Crippen LogP contribution in [-0.4, -0.2) is 37.2 Å². The predicted octanol–water partition coefficient (Wildman–Crippen LogP) is 25.0. The summed E-state index contributed by atoms with van der Waals surface area (Å²) in [7, 11) is 0. The van der Waals surface area contributed by atoms with Gasteiger partial charge in [-0.05, 0) is 19.3 Å². The Morgan fingerprint density at radius 2 is 0.342 bits per heavy atom. The first kappa shape index (κ1) is 77.4. The van der Waals surface area contributed by atoms with E-state index in [4.69, 9.17) is 14.2 Å². The van der Waals surface area contributed by atoms with Crippen molar-refractivity contribution < 1.29 is 28.6 Å². The zero-order chi connectivity index (χ0) is 57.1. The number of unbranched alkanes of at least 4 members (excludes halogenated alkanes) is 58. The number of hydrogen-bond acceptors (Lipinski definition) is 6. The summed E-state index contributed by atoms with van der Waals surface area (Å²) < 4.78 is 17.0. The van der Waals surface area contributed by atoms with Gasteiger partial charge in [0.05, 0.1) is 0 Å². The van der Waals surface area contributed by atoms with E-state index >= 15 is 0 Å². The molecule has 1 atom stereocenters. The second-order valence-electron chi connectivity index (χ2n) is 25.2. The molecule has 6 nitrogen and oxygen atoms in total. The van der Waals surface area contributed by atoms with Gasteiger partial charge in [-0.25, -0.2) is 0 Å². The third kappa shape index (κ3) is 67.1. The van der Waals surface area contributed by atoms with Crippen LogP contribution >= 0.6 is 0 Å². The van der Waals surface area contributed by atoms with E-state index in [9.17, 15) is 14.4 Å². The number of rotatable bonds is 69. The Bertz CT molecular complexity index is 1190. The van der Waals surface area contributed by atoms with Crippen molar-refractivity contribution in [2.45, 2.75) is 438 Å². The molecule has 0 aromatic heterocycles. The van der Waals surface area contributed by atoms with Gasteiger partial charge < -0.3 is 14.2 Å². The van der Waals surface area contributed by atoms with E-state index in [0.717, 1.165) is 57.8 Å². The number of esters is 3. The molecule has 0 aromatic carbocycles. The number of hydrogen-bond donors (Lipinski definition) is 0. The Morgan fingerprint density at radius 1 is 0.203 bits per heavy atom. The first-order valence-electron chi connectivity index (χ1n) is 36.5. The fourth-order valence-electron chi connectivity index (χ4n) is 11.6. The van der Waals surface area contributed by atoms with Crippen LogP contribution in [0.3, 0.4) is 0 Å². The smallest absolute Gasteiger partial charge is 0.306 e. The summed E-state index contributed by atoms with van der Waals surface area (Å²) >= 11 is 0. The van der Waals surface area contributed by atoms with Crippen molar-refractivity contribution in [2.75, 3.05) is 13.2 Å². The van der Waals surface area contributed by atoms with Crippen molar-refractivity contribution in [1.29, 1.82) is 0 Å². The molecule has 6 heteroatoms.